The molecule has 0 bridgehead atoms. The first-order valence-corrected chi connectivity index (χ1v) is 6.86. The monoisotopic (exact) mass is 288 g/mol. The van der Waals surface area contributed by atoms with E-state index in [0.717, 1.165) is 0 Å². The normalized spacial score (nSPS) is 13.2. The van der Waals surface area contributed by atoms with Crippen molar-refractivity contribution in [2.75, 3.05) is 26.8 Å². The van der Waals surface area contributed by atoms with Crippen LogP contribution >= 0.6 is 0 Å². The summed E-state index contributed by atoms with van der Waals surface area (Å²) in [4.78, 5) is 25.1. The van der Waals surface area contributed by atoms with Crippen molar-refractivity contribution in [3.8, 4) is 0 Å². The number of rotatable bonds is 7. The average Bonchev–Trinajstić information content (AvgIpc) is 2.28. The van der Waals surface area contributed by atoms with Crippen LogP contribution in [0.25, 0.3) is 0 Å². The molecule has 0 unspecified atom stereocenters. The second-order valence-corrected chi connectivity index (χ2v) is 6.42. The Morgan fingerprint density at radius 1 is 1.30 bits per heavy atom. The lowest BCUT2D eigenvalue weighted by Crippen LogP contribution is -2.54. The molecular weight excluding hydrogens is 260 g/mol. The van der Waals surface area contributed by atoms with E-state index in [9.17, 15) is 14.7 Å². The number of aliphatic carboxylic acids is 1. The smallest absolute Gasteiger partial charge is 0.326 e. The molecule has 2 N–H and O–H groups in total. The van der Waals surface area contributed by atoms with E-state index in [1.54, 1.807) is 32.8 Å². The molecule has 0 aliphatic heterocycles. The van der Waals surface area contributed by atoms with Crippen LogP contribution < -0.4 is 5.32 Å². The van der Waals surface area contributed by atoms with Crippen molar-refractivity contribution in [2.45, 2.75) is 40.7 Å². The third-order valence-corrected chi connectivity index (χ3v) is 2.82. The summed E-state index contributed by atoms with van der Waals surface area (Å²) in [5.74, 6) is -0.724. The predicted molar refractivity (Wildman–Crippen MR) is 77.7 cm³/mol. The minimum absolute atomic E-state index is 0.301. The topological polar surface area (TPSA) is 78.9 Å². The summed E-state index contributed by atoms with van der Waals surface area (Å²) in [5.41, 5.74) is -0.549. The van der Waals surface area contributed by atoms with E-state index in [0.29, 0.717) is 25.6 Å². The lowest BCUT2D eigenvalue weighted by atomic mass is 9.87. The zero-order valence-corrected chi connectivity index (χ0v) is 13.4. The number of hydrogen-bond donors (Lipinski definition) is 2. The molecule has 6 nitrogen and oxygen atoms in total. The van der Waals surface area contributed by atoms with Gasteiger partial charge in [-0.1, -0.05) is 34.6 Å². The summed E-state index contributed by atoms with van der Waals surface area (Å²) in [6, 6.07) is -1.29. The van der Waals surface area contributed by atoms with Crippen molar-refractivity contribution < 1.29 is 19.4 Å². The SMILES string of the molecule is COCCN(CC(C)C)C(=O)N[C@H](C(=O)O)C(C)(C)C. The van der Waals surface area contributed by atoms with E-state index in [4.69, 9.17) is 4.74 Å². The third kappa shape index (κ3) is 6.75. The highest BCUT2D eigenvalue weighted by molar-refractivity contribution is 5.83. The lowest BCUT2D eigenvalue weighted by molar-refractivity contribution is -0.142. The van der Waals surface area contributed by atoms with Crippen LogP contribution in [0.1, 0.15) is 34.6 Å². The highest BCUT2D eigenvalue weighted by atomic mass is 16.5. The maximum Gasteiger partial charge on any atom is 0.326 e. The molecule has 0 saturated heterocycles. The first-order chi connectivity index (χ1) is 9.09. The number of carboxylic acids is 1. The van der Waals surface area contributed by atoms with Crippen molar-refractivity contribution in [3.63, 3.8) is 0 Å². The van der Waals surface area contributed by atoms with E-state index in [2.05, 4.69) is 5.32 Å². The van der Waals surface area contributed by atoms with Gasteiger partial charge in [0.2, 0.25) is 0 Å². The molecule has 118 valence electrons. The Morgan fingerprint density at radius 3 is 2.20 bits per heavy atom. The van der Waals surface area contributed by atoms with Crippen LogP contribution in [0, 0.1) is 11.3 Å². The van der Waals surface area contributed by atoms with Gasteiger partial charge in [0.15, 0.2) is 0 Å². The summed E-state index contributed by atoms with van der Waals surface area (Å²) in [7, 11) is 1.57. The van der Waals surface area contributed by atoms with Crippen molar-refractivity contribution in [2.24, 2.45) is 11.3 Å². The molecule has 0 radical (unpaired) electrons. The molecule has 0 heterocycles. The minimum Gasteiger partial charge on any atom is -0.480 e. The molecule has 1 atom stereocenters. The van der Waals surface area contributed by atoms with Crippen molar-refractivity contribution in [1.82, 2.24) is 10.2 Å². The summed E-state index contributed by atoms with van der Waals surface area (Å²) >= 11 is 0. The zero-order valence-electron chi connectivity index (χ0n) is 13.4. The molecule has 0 aromatic carbocycles. The van der Waals surface area contributed by atoms with Crippen molar-refractivity contribution in [3.05, 3.63) is 0 Å². The van der Waals surface area contributed by atoms with E-state index >= 15 is 0 Å². The van der Waals surface area contributed by atoms with Gasteiger partial charge >= 0.3 is 12.0 Å². The second kappa shape index (κ2) is 8.09. The van der Waals surface area contributed by atoms with E-state index in [1.165, 1.54) is 0 Å². The van der Waals surface area contributed by atoms with Gasteiger partial charge in [-0.05, 0) is 11.3 Å². The lowest BCUT2D eigenvalue weighted by Gasteiger charge is -2.31. The molecule has 0 spiro atoms. The maximum absolute atomic E-state index is 12.2. The first-order valence-electron chi connectivity index (χ1n) is 6.86. The summed E-state index contributed by atoms with van der Waals surface area (Å²) in [6.45, 7) is 10.8. The molecule has 0 fully saturated rings. The fourth-order valence-electron chi connectivity index (χ4n) is 1.78. The molecule has 0 rings (SSSR count). The number of nitrogens with zero attached hydrogens (tertiary/aromatic N) is 1. The molecule has 0 saturated carbocycles. The van der Waals surface area contributed by atoms with Crippen LogP contribution in [0.4, 0.5) is 4.79 Å². The summed E-state index contributed by atoms with van der Waals surface area (Å²) < 4.78 is 4.99. The van der Waals surface area contributed by atoms with Gasteiger partial charge < -0.3 is 20.1 Å². The molecule has 0 aliphatic rings. The van der Waals surface area contributed by atoms with Gasteiger partial charge in [-0.25, -0.2) is 9.59 Å². The molecule has 20 heavy (non-hydrogen) atoms. The molecule has 6 heteroatoms. The van der Waals surface area contributed by atoms with Gasteiger partial charge in [0, 0.05) is 20.2 Å². The second-order valence-electron chi connectivity index (χ2n) is 6.42. The number of urea groups is 1. The highest BCUT2D eigenvalue weighted by Crippen LogP contribution is 2.19. The third-order valence-electron chi connectivity index (χ3n) is 2.82. The van der Waals surface area contributed by atoms with Crippen LogP contribution in [-0.4, -0.2) is 54.9 Å². The predicted octanol–water partition coefficient (Wildman–Crippen LogP) is 1.80. The van der Waals surface area contributed by atoms with Gasteiger partial charge in [0.05, 0.1) is 6.61 Å². The van der Waals surface area contributed by atoms with Gasteiger partial charge in [0.1, 0.15) is 6.04 Å². The zero-order chi connectivity index (χ0) is 15.9. The van der Waals surface area contributed by atoms with Crippen LogP contribution in [0.15, 0.2) is 0 Å². The summed E-state index contributed by atoms with van der Waals surface area (Å²) in [5, 5.41) is 11.8. The van der Waals surface area contributed by atoms with Gasteiger partial charge in [-0.3, -0.25) is 0 Å². The van der Waals surface area contributed by atoms with Crippen LogP contribution in [0.5, 0.6) is 0 Å². The Balaban J connectivity index is 4.82. The Labute approximate surface area is 121 Å². The first kappa shape index (κ1) is 18.7. The molecule has 0 aromatic heterocycles. The number of carbonyl (C=O) groups is 2. The fraction of sp³-hybridized carbons (Fsp3) is 0.857. The van der Waals surface area contributed by atoms with E-state index < -0.39 is 17.4 Å². The van der Waals surface area contributed by atoms with Gasteiger partial charge in [-0.15, -0.1) is 0 Å². The minimum atomic E-state index is -1.03. The number of amides is 2. The Hall–Kier alpha value is -1.30. The summed E-state index contributed by atoms with van der Waals surface area (Å²) in [6.07, 6.45) is 0. The molecule has 0 aromatic rings. The Kier molecular flexibility index (Phi) is 7.57. The van der Waals surface area contributed by atoms with Crippen LogP contribution in [0.2, 0.25) is 0 Å². The fourth-order valence-corrected chi connectivity index (χ4v) is 1.78. The van der Waals surface area contributed by atoms with Crippen molar-refractivity contribution >= 4 is 12.0 Å². The molecular formula is C14H28N2O4. The number of carbonyl (C=O) groups excluding carboxylic acids is 1. The number of ether oxygens (including phenoxy) is 1. The van der Waals surface area contributed by atoms with Crippen LogP contribution in [-0.2, 0) is 9.53 Å². The van der Waals surface area contributed by atoms with Gasteiger partial charge in [0.25, 0.3) is 0 Å². The number of carboxylic acid groups (broad SMARTS) is 1. The number of methoxy groups -OCH3 is 1. The molecule has 0 aliphatic carbocycles. The largest absolute Gasteiger partial charge is 0.480 e. The van der Waals surface area contributed by atoms with E-state index in [-0.39, 0.29) is 6.03 Å². The van der Waals surface area contributed by atoms with Crippen LogP contribution in [0.3, 0.4) is 0 Å². The highest BCUT2D eigenvalue weighted by Gasteiger charge is 2.33. The number of hydrogen-bond acceptors (Lipinski definition) is 3. The quantitative estimate of drug-likeness (QED) is 0.748. The van der Waals surface area contributed by atoms with E-state index in [1.807, 2.05) is 13.8 Å². The maximum atomic E-state index is 12.2. The van der Waals surface area contributed by atoms with Crippen molar-refractivity contribution in [1.29, 1.82) is 0 Å². The van der Waals surface area contributed by atoms with Gasteiger partial charge in [-0.2, -0.15) is 0 Å². The standard InChI is InChI=1S/C14H28N2O4/c1-10(2)9-16(7-8-20-6)13(19)15-11(12(17)18)14(3,4)5/h10-11H,7-9H2,1-6H3,(H,15,19)(H,17,18)/t11-/m1/s1. The Bertz CT molecular complexity index is 324. The molecule has 2 amide bonds. The average molecular weight is 288 g/mol. The number of nitrogens with one attached hydrogen (secondary N) is 1. The Morgan fingerprint density at radius 2 is 1.85 bits per heavy atom.